The molecular formula is C25H25NO7. The zero-order valence-electron chi connectivity index (χ0n) is 18.7. The van der Waals surface area contributed by atoms with E-state index < -0.39 is 0 Å². The molecule has 2 unspecified atom stereocenters. The molecule has 8 nitrogen and oxygen atoms in total. The van der Waals surface area contributed by atoms with E-state index >= 15 is 0 Å². The van der Waals surface area contributed by atoms with Crippen molar-refractivity contribution in [1.29, 1.82) is 0 Å². The summed E-state index contributed by atoms with van der Waals surface area (Å²) in [5.74, 6) is 2.37. The number of ether oxygens (including phenoxy) is 5. The minimum Gasteiger partial charge on any atom is -0.493 e. The van der Waals surface area contributed by atoms with Crippen LogP contribution in [0.15, 0.2) is 41.6 Å². The highest BCUT2D eigenvalue weighted by atomic mass is 16.7. The highest BCUT2D eigenvalue weighted by molar-refractivity contribution is 6.02. The number of hydrogen-bond donors (Lipinski definition) is 1. The van der Waals surface area contributed by atoms with Gasteiger partial charge in [0.15, 0.2) is 28.8 Å². The van der Waals surface area contributed by atoms with E-state index in [0.29, 0.717) is 52.9 Å². The lowest BCUT2D eigenvalue weighted by molar-refractivity contribution is -0.122. The topological polar surface area (TPSA) is 92.3 Å². The van der Waals surface area contributed by atoms with E-state index in [1.165, 1.54) is 0 Å². The Labute approximate surface area is 191 Å². The van der Waals surface area contributed by atoms with Gasteiger partial charge in [-0.2, -0.15) is 0 Å². The van der Waals surface area contributed by atoms with Gasteiger partial charge in [-0.25, -0.2) is 0 Å². The number of allylic oxidation sites excluding steroid dienone is 2. The van der Waals surface area contributed by atoms with Crippen molar-refractivity contribution in [3.8, 4) is 28.7 Å². The lowest BCUT2D eigenvalue weighted by Gasteiger charge is -2.34. The molecule has 0 aromatic heterocycles. The van der Waals surface area contributed by atoms with Crippen molar-refractivity contribution in [3.05, 3.63) is 52.7 Å². The van der Waals surface area contributed by atoms with E-state index in [1.807, 2.05) is 30.3 Å². The minimum atomic E-state index is -0.309. The summed E-state index contributed by atoms with van der Waals surface area (Å²) in [5, 5.41) is 2.96. The summed E-state index contributed by atoms with van der Waals surface area (Å²) in [6, 6.07) is 9.33. The van der Waals surface area contributed by atoms with Crippen molar-refractivity contribution >= 4 is 11.7 Å². The number of carbonyl (C=O) groups excluding carboxylic acids is 2. The van der Waals surface area contributed by atoms with Crippen molar-refractivity contribution in [1.82, 2.24) is 5.32 Å². The quantitative estimate of drug-likeness (QED) is 0.744. The summed E-state index contributed by atoms with van der Waals surface area (Å²) in [4.78, 5) is 26.0. The number of amides is 1. The molecule has 0 bridgehead atoms. The molecule has 33 heavy (non-hydrogen) atoms. The van der Waals surface area contributed by atoms with Crippen LogP contribution in [0, 0.1) is 0 Å². The summed E-state index contributed by atoms with van der Waals surface area (Å²) in [6.45, 7) is 0.174. The fourth-order valence-corrected chi connectivity index (χ4v) is 4.95. The lowest BCUT2D eigenvalue weighted by atomic mass is 9.73. The van der Waals surface area contributed by atoms with Crippen molar-refractivity contribution in [3.63, 3.8) is 0 Å². The SMILES string of the molecule is COc1cc(C2CC(=O)C3=C(C2)NC(=O)CC3c2ccc3c(c2)OCO3)cc(OC)c1OC. The smallest absolute Gasteiger partial charge is 0.231 e. The number of hydrogen-bond acceptors (Lipinski definition) is 7. The van der Waals surface area contributed by atoms with Crippen LogP contribution in [0.1, 0.15) is 42.2 Å². The van der Waals surface area contributed by atoms with Gasteiger partial charge in [0.25, 0.3) is 0 Å². The molecular weight excluding hydrogens is 426 g/mol. The monoisotopic (exact) mass is 451 g/mol. The first-order chi connectivity index (χ1) is 16.0. The number of benzene rings is 2. The number of carbonyl (C=O) groups is 2. The van der Waals surface area contributed by atoms with Crippen molar-refractivity contribution in [2.45, 2.75) is 31.1 Å². The average Bonchev–Trinajstić information content (AvgIpc) is 3.30. The molecule has 2 aliphatic heterocycles. The Morgan fingerprint density at radius 2 is 1.58 bits per heavy atom. The molecule has 2 aromatic rings. The summed E-state index contributed by atoms with van der Waals surface area (Å²) < 4.78 is 27.3. The van der Waals surface area contributed by atoms with Gasteiger partial charge < -0.3 is 29.0 Å². The Morgan fingerprint density at radius 1 is 0.848 bits per heavy atom. The first-order valence-electron chi connectivity index (χ1n) is 10.8. The molecule has 2 heterocycles. The maximum absolute atomic E-state index is 13.4. The lowest BCUT2D eigenvalue weighted by Crippen LogP contribution is -2.38. The van der Waals surface area contributed by atoms with E-state index in [1.54, 1.807) is 21.3 Å². The van der Waals surface area contributed by atoms with Gasteiger partial charge in [-0.1, -0.05) is 6.07 Å². The molecule has 0 saturated carbocycles. The van der Waals surface area contributed by atoms with Crippen LogP contribution in [-0.2, 0) is 9.59 Å². The standard InChI is InChI=1S/C25H25NO7/c1-29-21-9-15(10-22(30-2)25(21)31-3)14-6-17-24(18(27)7-14)16(11-23(28)26-17)13-4-5-19-20(8-13)33-12-32-19/h4-5,8-10,14,16H,6-7,11-12H2,1-3H3,(H,26,28). The third-order valence-electron chi connectivity index (χ3n) is 6.49. The van der Waals surface area contributed by atoms with Crippen LogP contribution in [0.25, 0.3) is 0 Å². The van der Waals surface area contributed by atoms with E-state index in [4.69, 9.17) is 23.7 Å². The molecule has 0 saturated heterocycles. The average molecular weight is 451 g/mol. The normalized spacial score (nSPS) is 21.4. The third-order valence-corrected chi connectivity index (χ3v) is 6.49. The Hall–Kier alpha value is -3.68. The second-order valence-corrected chi connectivity index (χ2v) is 8.30. The molecule has 1 N–H and O–H groups in total. The molecule has 0 spiro atoms. The molecule has 5 rings (SSSR count). The van der Waals surface area contributed by atoms with Crippen molar-refractivity contribution in [2.75, 3.05) is 28.1 Å². The van der Waals surface area contributed by atoms with Gasteiger partial charge in [0, 0.05) is 30.0 Å². The molecule has 2 atom stereocenters. The summed E-state index contributed by atoms with van der Waals surface area (Å²) in [6.07, 6.45) is 1.08. The maximum atomic E-state index is 13.4. The molecule has 8 heteroatoms. The second kappa shape index (κ2) is 8.35. The zero-order valence-corrected chi connectivity index (χ0v) is 18.7. The summed E-state index contributed by atoms with van der Waals surface area (Å²) in [7, 11) is 4.67. The first-order valence-corrected chi connectivity index (χ1v) is 10.8. The van der Waals surface area contributed by atoms with E-state index in [2.05, 4.69) is 5.32 Å². The molecule has 172 valence electrons. The van der Waals surface area contributed by atoms with Crippen LogP contribution in [-0.4, -0.2) is 39.8 Å². The Morgan fingerprint density at radius 3 is 2.27 bits per heavy atom. The molecule has 2 aromatic carbocycles. The Bertz CT molecular complexity index is 1140. The number of nitrogens with one attached hydrogen (secondary N) is 1. The number of rotatable bonds is 5. The van der Waals surface area contributed by atoms with Crippen LogP contribution in [0.2, 0.25) is 0 Å². The fraction of sp³-hybridized carbons (Fsp3) is 0.360. The molecule has 1 amide bonds. The molecule has 1 aliphatic carbocycles. The van der Waals surface area contributed by atoms with Crippen LogP contribution >= 0.6 is 0 Å². The van der Waals surface area contributed by atoms with Crippen LogP contribution in [0.4, 0.5) is 0 Å². The van der Waals surface area contributed by atoms with Crippen LogP contribution in [0.5, 0.6) is 28.7 Å². The highest BCUT2D eigenvalue weighted by Crippen LogP contribution is 2.47. The maximum Gasteiger partial charge on any atom is 0.231 e. The van der Waals surface area contributed by atoms with Crippen molar-refractivity contribution < 1.29 is 33.3 Å². The van der Waals surface area contributed by atoms with Gasteiger partial charge in [0.2, 0.25) is 18.4 Å². The summed E-state index contributed by atoms with van der Waals surface area (Å²) in [5.41, 5.74) is 3.13. The number of fused-ring (bicyclic) bond motifs is 1. The predicted octanol–water partition coefficient (Wildman–Crippen LogP) is 3.45. The minimum absolute atomic E-state index is 0.0256. The zero-order chi connectivity index (χ0) is 23.1. The molecule has 3 aliphatic rings. The highest BCUT2D eigenvalue weighted by Gasteiger charge is 2.39. The van der Waals surface area contributed by atoms with Crippen LogP contribution < -0.4 is 29.0 Å². The van der Waals surface area contributed by atoms with E-state index in [0.717, 1.165) is 11.1 Å². The molecule has 0 radical (unpaired) electrons. The first kappa shape index (κ1) is 21.2. The van der Waals surface area contributed by atoms with Gasteiger partial charge in [-0.15, -0.1) is 0 Å². The number of ketones is 1. The second-order valence-electron chi connectivity index (χ2n) is 8.30. The van der Waals surface area contributed by atoms with Gasteiger partial charge in [0.05, 0.1) is 21.3 Å². The Balaban J connectivity index is 1.51. The third kappa shape index (κ3) is 3.65. The Kier molecular flexibility index (Phi) is 5.36. The fourth-order valence-electron chi connectivity index (χ4n) is 4.95. The number of methoxy groups -OCH3 is 3. The van der Waals surface area contributed by atoms with Gasteiger partial charge in [-0.3, -0.25) is 9.59 Å². The largest absolute Gasteiger partial charge is 0.493 e. The molecule has 0 fully saturated rings. The predicted molar refractivity (Wildman–Crippen MR) is 118 cm³/mol. The van der Waals surface area contributed by atoms with Crippen LogP contribution in [0.3, 0.4) is 0 Å². The number of Topliss-reactive ketones (excluding diaryl/α,β-unsaturated/α-hetero) is 1. The van der Waals surface area contributed by atoms with E-state index in [9.17, 15) is 9.59 Å². The van der Waals surface area contributed by atoms with Gasteiger partial charge in [-0.05, 0) is 47.7 Å². The van der Waals surface area contributed by atoms with Crippen molar-refractivity contribution in [2.24, 2.45) is 0 Å². The van der Waals surface area contributed by atoms with E-state index in [-0.39, 0.29) is 36.7 Å². The van der Waals surface area contributed by atoms with Gasteiger partial charge in [0.1, 0.15) is 0 Å². The summed E-state index contributed by atoms with van der Waals surface area (Å²) >= 11 is 0. The van der Waals surface area contributed by atoms with Gasteiger partial charge >= 0.3 is 0 Å².